The van der Waals surface area contributed by atoms with E-state index in [0.717, 1.165) is 24.1 Å². The Morgan fingerprint density at radius 2 is 2.21 bits per heavy atom. The molecule has 0 aromatic carbocycles. The molecule has 3 fully saturated rings. The summed E-state index contributed by atoms with van der Waals surface area (Å²) in [6.45, 7) is 7.12. The van der Waals surface area contributed by atoms with Gasteiger partial charge in [0.15, 0.2) is 0 Å². The molecule has 3 atom stereocenters. The first kappa shape index (κ1) is 12.8. The van der Waals surface area contributed by atoms with Gasteiger partial charge < -0.3 is 5.11 Å². The highest BCUT2D eigenvalue weighted by Gasteiger charge is 2.61. The molecule has 1 N–H and O–H groups in total. The Labute approximate surface area is 114 Å². The van der Waals surface area contributed by atoms with Crippen molar-refractivity contribution in [1.82, 2.24) is 4.98 Å². The van der Waals surface area contributed by atoms with Crippen LogP contribution >= 0.6 is 0 Å². The number of hydrogen-bond acceptors (Lipinski definition) is 3. The van der Waals surface area contributed by atoms with Gasteiger partial charge in [0, 0.05) is 18.1 Å². The third-order valence-corrected chi connectivity index (χ3v) is 5.35. The molecule has 0 unspecified atom stereocenters. The third kappa shape index (κ3) is 1.91. The van der Waals surface area contributed by atoms with E-state index < -0.39 is 5.60 Å². The van der Waals surface area contributed by atoms with Gasteiger partial charge in [0.25, 0.3) is 0 Å². The first-order chi connectivity index (χ1) is 8.92. The summed E-state index contributed by atoms with van der Waals surface area (Å²) in [6, 6.07) is 3.95. The van der Waals surface area contributed by atoms with Crippen molar-refractivity contribution in [2.75, 3.05) is 0 Å². The van der Waals surface area contributed by atoms with E-state index in [0.29, 0.717) is 18.4 Å². The van der Waals surface area contributed by atoms with E-state index in [1.54, 1.807) is 6.20 Å². The van der Waals surface area contributed by atoms with E-state index in [1.165, 1.54) is 0 Å². The number of pyridine rings is 1. The Morgan fingerprint density at radius 1 is 1.42 bits per heavy atom. The highest BCUT2D eigenvalue weighted by Crippen LogP contribution is 2.61. The molecule has 0 radical (unpaired) electrons. The second-order valence-corrected chi connectivity index (χ2v) is 6.78. The van der Waals surface area contributed by atoms with Crippen molar-refractivity contribution in [3.63, 3.8) is 0 Å². The first-order valence-electron chi connectivity index (χ1n) is 7.07. The van der Waals surface area contributed by atoms with Crippen molar-refractivity contribution in [2.24, 2.45) is 22.2 Å². The molecule has 0 amide bonds. The van der Waals surface area contributed by atoms with Gasteiger partial charge in [-0.05, 0) is 48.6 Å². The normalized spacial score (nSPS) is 38.0. The van der Waals surface area contributed by atoms with Crippen LogP contribution < -0.4 is 0 Å². The van der Waals surface area contributed by atoms with Gasteiger partial charge in [-0.2, -0.15) is 0 Å². The number of aliphatic imine (C=N–C) groups is 1. The number of aromatic nitrogens is 1. The highest BCUT2D eigenvalue weighted by atomic mass is 16.3. The topological polar surface area (TPSA) is 45.5 Å². The zero-order chi connectivity index (χ0) is 13.7. The zero-order valence-corrected chi connectivity index (χ0v) is 11.9. The molecule has 3 aliphatic rings. The Bertz CT molecular complexity index is 505. The van der Waals surface area contributed by atoms with Crippen molar-refractivity contribution in [3.05, 3.63) is 30.1 Å². The summed E-state index contributed by atoms with van der Waals surface area (Å²) in [5, 5.41) is 10.8. The molecule has 0 saturated heterocycles. The predicted molar refractivity (Wildman–Crippen MR) is 76.0 cm³/mol. The van der Waals surface area contributed by atoms with Crippen LogP contribution in [0.1, 0.15) is 39.2 Å². The van der Waals surface area contributed by atoms with Gasteiger partial charge >= 0.3 is 0 Å². The van der Waals surface area contributed by atoms with Crippen LogP contribution in [0.5, 0.6) is 0 Å². The van der Waals surface area contributed by atoms with Crippen molar-refractivity contribution < 1.29 is 5.11 Å². The summed E-state index contributed by atoms with van der Waals surface area (Å²) in [5.41, 5.74) is 1.61. The Hall–Kier alpha value is -1.22. The average molecular weight is 258 g/mol. The number of aliphatic hydroxyl groups is 1. The van der Waals surface area contributed by atoms with Crippen LogP contribution in [0.4, 0.5) is 0 Å². The van der Waals surface area contributed by atoms with E-state index in [-0.39, 0.29) is 5.41 Å². The summed E-state index contributed by atoms with van der Waals surface area (Å²) in [6.07, 6.45) is 5.69. The van der Waals surface area contributed by atoms with Crippen molar-refractivity contribution in [1.29, 1.82) is 0 Å². The van der Waals surface area contributed by atoms with Gasteiger partial charge in [0.2, 0.25) is 0 Å². The van der Waals surface area contributed by atoms with Crippen LogP contribution in [-0.4, -0.2) is 21.4 Å². The maximum atomic E-state index is 10.8. The maximum absolute atomic E-state index is 10.8. The molecule has 1 heterocycles. The maximum Gasteiger partial charge on any atom is 0.103 e. The molecule has 1 aromatic rings. The average Bonchev–Trinajstić information content (AvgIpc) is 2.37. The largest absolute Gasteiger partial charge is 0.384 e. The molecule has 102 valence electrons. The summed E-state index contributed by atoms with van der Waals surface area (Å²) in [7, 11) is 0. The van der Waals surface area contributed by atoms with E-state index in [4.69, 9.17) is 0 Å². The summed E-state index contributed by atoms with van der Waals surface area (Å²) < 4.78 is 0. The lowest BCUT2D eigenvalue weighted by molar-refractivity contribution is -0.134. The monoisotopic (exact) mass is 258 g/mol. The van der Waals surface area contributed by atoms with E-state index >= 15 is 0 Å². The fourth-order valence-corrected chi connectivity index (χ4v) is 3.86. The van der Waals surface area contributed by atoms with E-state index in [9.17, 15) is 5.11 Å². The molecular formula is C16H22N2O. The third-order valence-electron chi connectivity index (χ3n) is 5.35. The molecular weight excluding hydrogens is 236 g/mol. The molecule has 4 rings (SSSR count). The molecule has 3 heteroatoms. The van der Waals surface area contributed by atoms with Crippen molar-refractivity contribution >= 4 is 5.71 Å². The Balaban J connectivity index is 1.80. The second-order valence-electron chi connectivity index (χ2n) is 6.78. The molecule has 0 aliphatic heterocycles. The Kier molecular flexibility index (Phi) is 2.79. The minimum Gasteiger partial charge on any atom is -0.384 e. The van der Waals surface area contributed by atoms with Gasteiger partial charge in [-0.1, -0.05) is 19.9 Å². The lowest BCUT2D eigenvalue weighted by atomic mass is 9.44. The molecule has 1 aromatic heterocycles. The fourth-order valence-electron chi connectivity index (χ4n) is 3.86. The molecule has 3 nitrogen and oxygen atoms in total. The van der Waals surface area contributed by atoms with Crippen LogP contribution in [0.2, 0.25) is 0 Å². The number of hydrogen-bond donors (Lipinski definition) is 1. The second kappa shape index (κ2) is 4.14. The van der Waals surface area contributed by atoms with E-state index in [1.807, 2.05) is 25.3 Å². The minimum atomic E-state index is -0.736. The molecule has 3 saturated carbocycles. The van der Waals surface area contributed by atoms with Gasteiger partial charge in [-0.25, -0.2) is 0 Å². The van der Waals surface area contributed by atoms with Gasteiger partial charge in [0.05, 0.1) is 6.54 Å². The standard InChI is InChI=1S/C16H22N2O/c1-15(2)12-7-13(15)16(3,19)14(8-12)18-10-11-5-4-6-17-9-11/h4-6,9,12-13,19H,7-8,10H2,1-3H3/t12-,13-,16+/m1/s1. The van der Waals surface area contributed by atoms with Crippen LogP contribution in [0.15, 0.2) is 29.5 Å². The van der Waals surface area contributed by atoms with Crippen LogP contribution in [0.25, 0.3) is 0 Å². The highest BCUT2D eigenvalue weighted by molar-refractivity contribution is 5.94. The lowest BCUT2D eigenvalue weighted by Gasteiger charge is -2.62. The quantitative estimate of drug-likeness (QED) is 0.886. The Morgan fingerprint density at radius 3 is 2.79 bits per heavy atom. The fraction of sp³-hybridized carbons (Fsp3) is 0.625. The van der Waals surface area contributed by atoms with Gasteiger partial charge in [0.1, 0.15) is 5.60 Å². The van der Waals surface area contributed by atoms with Crippen molar-refractivity contribution in [3.8, 4) is 0 Å². The van der Waals surface area contributed by atoms with Gasteiger partial charge in [-0.3, -0.25) is 9.98 Å². The zero-order valence-electron chi connectivity index (χ0n) is 11.9. The van der Waals surface area contributed by atoms with Crippen LogP contribution in [0.3, 0.4) is 0 Å². The summed E-state index contributed by atoms with van der Waals surface area (Å²) in [4.78, 5) is 8.78. The number of nitrogens with zero attached hydrogens (tertiary/aromatic N) is 2. The molecule has 0 spiro atoms. The SMILES string of the molecule is CC1(C)[C@H]2CC(=NCc3cccnc3)[C@@](C)(O)[C@@H]1C2. The predicted octanol–water partition coefficient (Wildman–Crippen LogP) is 2.84. The summed E-state index contributed by atoms with van der Waals surface area (Å²) >= 11 is 0. The molecule has 3 aliphatic carbocycles. The number of fused-ring (bicyclic) bond motifs is 2. The van der Waals surface area contributed by atoms with Gasteiger partial charge in [-0.15, -0.1) is 0 Å². The van der Waals surface area contributed by atoms with E-state index in [2.05, 4.69) is 23.8 Å². The summed E-state index contributed by atoms with van der Waals surface area (Å²) in [5.74, 6) is 1.04. The molecule has 2 bridgehead atoms. The molecule has 19 heavy (non-hydrogen) atoms. The van der Waals surface area contributed by atoms with Crippen molar-refractivity contribution in [2.45, 2.75) is 45.8 Å². The smallest absolute Gasteiger partial charge is 0.103 e. The number of rotatable bonds is 2. The first-order valence-corrected chi connectivity index (χ1v) is 7.07. The minimum absolute atomic E-state index is 0.261. The van der Waals surface area contributed by atoms with Crippen LogP contribution in [-0.2, 0) is 6.54 Å². The lowest BCUT2D eigenvalue weighted by Crippen LogP contribution is -2.64. The van der Waals surface area contributed by atoms with Crippen LogP contribution in [0, 0.1) is 17.3 Å².